The normalized spacial score (nSPS) is 10.0. The van der Waals surface area contributed by atoms with Gasteiger partial charge in [0.25, 0.3) is 0 Å². The van der Waals surface area contributed by atoms with Crippen LogP contribution < -0.4 is 9.47 Å². The Hall–Kier alpha value is -3.35. The third-order valence-electron chi connectivity index (χ3n) is 3.44. The number of ether oxygens (including phenoxy) is 4. The van der Waals surface area contributed by atoms with Crippen molar-refractivity contribution in [1.29, 1.82) is 0 Å². The van der Waals surface area contributed by atoms with Crippen molar-refractivity contribution in [3.05, 3.63) is 59.7 Å². The molecular weight excluding hydrogens is 352 g/mol. The Balaban J connectivity index is 1.79. The highest BCUT2D eigenvalue weighted by atomic mass is 16.6. The molecule has 0 aromatic heterocycles. The maximum Gasteiger partial charge on any atom is 0.341 e. The van der Waals surface area contributed by atoms with Crippen molar-refractivity contribution in [3.63, 3.8) is 0 Å². The van der Waals surface area contributed by atoms with Gasteiger partial charge in [-0.1, -0.05) is 24.3 Å². The van der Waals surface area contributed by atoms with E-state index in [4.69, 9.17) is 18.9 Å². The third-order valence-corrected chi connectivity index (χ3v) is 3.44. The van der Waals surface area contributed by atoms with Crippen LogP contribution in [0.15, 0.2) is 48.5 Å². The first kappa shape index (κ1) is 20.0. The summed E-state index contributed by atoms with van der Waals surface area (Å²) in [4.78, 5) is 35.2. The minimum absolute atomic E-state index is 0.0481. The van der Waals surface area contributed by atoms with E-state index in [1.165, 1.54) is 26.2 Å². The number of hydrogen-bond donors (Lipinski definition) is 0. The van der Waals surface area contributed by atoms with Gasteiger partial charge < -0.3 is 18.9 Å². The summed E-state index contributed by atoms with van der Waals surface area (Å²) < 4.78 is 20.4. The summed E-state index contributed by atoms with van der Waals surface area (Å²) in [5.41, 5.74) is 0.478. The van der Waals surface area contributed by atoms with Gasteiger partial charge >= 0.3 is 17.9 Å². The number of rotatable bonds is 8. The van der Waals surface area contributed by atoms with Crippen LogP contribution in [-0.4, -0.2) is 38.2 Å². The van der Waals surface area contributed by atoms with Crippen molar-refractivity contribution in [3.8, 4) is 11.5 Å². The summed E-state index contributed by atoms with van der Waals surface area (Å²) >= 11 is 0. The summed E-state index contributed by atoms with van der Waals surface area (Å²) in [5, 5.41) is 0. The van der Waals surface area contributed by atoms with Crippen LogP contribution in [0.2, 0.25) is 0 Å². The van der Waals surface area contributed by atoms with Gasteiger partial charge in [-0.15, -0.1) is 0 Å². The second-order valence-corrected chi connectivity index (χ2v) is 5.42. The summed E-state index contributed by atoms with van der Waals surface area (Å²) in [6, 6.07) is 13.0. The van der Waals surface area contributed by atoms with E-state index in [-0.39, 0.29) is 24.5 Å². The van der Waals surface area contributed by atoms with Crippen molar-refractivity contribution in [2.75, 3.05) is 20.3 Å². The maximum atomic E-state index is 12.1. The molecule has 0 saturated carbocycles. The van der Waals surface area contributed by atoms with Crippen LogP contribution in [0.5, 0.6) is 11.5 Å². The van der Waals surface area contributed by atoms with Crippen molar-refractivity contribution < 1.29 is 33.3 Å². The Morgan fingerprint density at radius 1 is 0.778 bits per heavy atom. The van der Waals surface area contributed by atoms with E-state index in [2.05, 4.69) is 0 Å². The van der Waals surface area contributed by atoms with E-state index < -0.39 is 17.9 Å². The standard InChI is InChI=1S/C20H20O7/c1-14(21)27-18-11-6-4-9-16(18)20(23)26-13-7-12-25-19(22)15-8-3-5-10-17(15)24-2/h3-6,8-11H,7,12-13H2,1-2H3. The molecule has 2 rings (SSSR count). The predicted octanol–water partition coefficient (Wildman–Crippen LogP) is 3.02. The Morgan fingerprint density at radius 3 is 1.78 bits per heavy atom. The van der Waals surface area contributed by atoms with Crippen molar-refractivity contribution in [1.82, 2.24) is 0 Å². The number of methoxy groups -OCH3 is 1. The van der Waals surface area contributed by atoms with Gasteiger partial charge in [-0.3, -0.25) is 4.79 Å². The molecule has 0 aliphatic heterocycles. The summed E-state index contributed by atoms with van der Waals surface area (Å²) in [6.45, 7) is 1.38. The molecule has 0 heterocycles. The number of carbonyl (C=O) groups is 3. The highest BCUT2D eigenvalue weighted by Crippen LogP contribution is 2.20. The lowest BCUT2D eigenvalue weighted by molar-refractivity contribution is -0.131. The fraction of sp³-hybridized carbons (Fsp3) is 0.250. The number of para-hydroxylation sites is 2. The summed E-state index contributed by atoms with van der Waals surface area (Å²) in [5.74, 6) is -1.10. The topological polar surface area (TPSA) is 88.1 Å². The van der Waals surface area contributed by atoms with E-state index in [9.17, 15) is 14.4 Å². The molecule has 0 aliphatic carbocycles. The molecule has 0 aliphatic rings. The van der Waals surface area contributed by atoms with Gasteiger partial charge in [0.15, 0.2) is 0 Å². The molecule has 27 heavy (non-hydrogen) atoms. The molecule has 0 bridgehead atoms. The lowest BCUT2D eigenvalue weighted by Gasteiger charge is -2.10. The van der Waals surface area contributed by atoms with Crippen LogP contribution >= 0.6 is 0 Å². The molecule has 0 amide bonds. The zero-order valence-corrected chi connectivity index (χ0v) is 15.1. The van der Waals surface area contributed by atoms with Crippen LogP contribution in [-0.2, 0) is 14.3 Å². The van der Waals surface area contributed by atoms with Crippen molar-refractivity contribution in [2.24, 2.45) is 0 Å². The zero-order valence-electron chi connectivity index (χ0n) is 15.1. The van der Waals surface area contributed by atoms with Crippen LogP contribution in [0.3, 0.4) is 0 Å². The molecule has 0 atom stereocenters. The molecule has 7 heteroatoms. The Bertz CT molecular complexity index is 813. The first-order valence-corrected chi connectivity index (χ1v) is 8.27. The van der Waals surface area contributed by atoms with Crippen LogP contribution in [0.4, 0.5) is 0 Å². The van der Waals surface area contributed by atoms with E-state index in [0.29, 0.717) is 17.7 Å². The molecule has 0 fully saturated rings. The van der Waals surface area contributed by atoms with E-state index in [0.717, 1.165) is 0 Å². The van der Waals surface area contributed by atoms with Gasteiger partial charge in [-0.25, -0.2) is 9.59 Å². The molecule has 0 spiro atoms. The van der Waals surface area contributed by atoms with Crippen LogP contribution in [0.1, 0.15) is 34.1 Å². The monoisotopic (exact) mass is 372 g/mol. The molecular formula is C20H20O7. The maximum absolute atomic E-state index is 12.1. The van der Waals surface area contributed by atoms with E-state index in [1.807, 2.05) is 0 Å². The highest BCUT2D eigenvalue weighted by molar-refractivity contribution is 5.93. The van der Waals surface area contributed by atoms with Crippen molar-refractivity contribution in [2.45, 2.75) is 13.3 Å². The molecule has 7 nitrogen and oxygen atoms in total. The van der Waals surface area contributed by atoms with Gasteiger partial charge in [-0.05, 0) is 24.3 Å². The Kier molecular flexibility index (Phi) is 7.37. The lowest BCUT2D eigenvalue weighted by Crippen LogP contribution is -2.13. The summed E-state index contributed by atoms with van der Waals surface area (Å²) in [6.07, 6.45) is 0.322. The van der Waals surface area contributed by atoms with Gasteiger partial charge in [0.1, 0.15) is 22.6 Å². The number of hydrogen-bond acceptors (Lipinski definition) is 7. The third kappa shape index (κ3) is 5.85. The minimum atomic E-state index is -0.622. The fourth-order valence-corrected chi connectivity index (χ4v) is 2.24. The van der Waals surface area contributed by atoms with Gasteiger partial charge in [0.2, 0.25) is 0 Å². The zero-order chi connectivity index (χ0) is 19.6. The van der Waals surface area contributed by atoms with Gasteiger partial charge in [-0.2, -0.15) is 0 Å². The minimum Gasteiger partial charge on any atom is -0.496 e. The van der Waals surface area contributed by atoms with Crippen molar-refractivity contribution >= 4 is 17.9 Å². The Labute approximate surface area is 156 Å². The molecule has 0 N–H and O–H groups in total. The smallest absolute Gasteiger partial charge is 0.341 e. The number of benzene rings is 2. The molecule has 2 aromatic carbocycles. The van der Waals surface area contributed by atoms with E-state index >= 15 is 0 Å². The van der Waals surface area contributed by atoms with E-state index in [1.54, 1.807) is 36.4 Å². The average Bonchev–Trinajstić information content (AvgIpc) is 2.67. The molecule has 2 aromatic rings. The second-order valence-electron chi connectivity index (χ2n) is 5.42. The highest BCUT2D eigenvalue weighted by Gasteiger charge is 2.15. The largest absolute Gasteiger partial charge is 0.496 e. The lowest BCUT2D eigenvalue weighted by atomic mass is 10.2. The van der Waals surface area contributed by atoms with Crippen LogP contribution in [0, 0.1) is 0 Å². The SMILES string of the molecule is COc1ccccc1C(=O)OCCCOC(=O)c1ccccc1OC(C)=O. The quantitative estimate of drug-likeness (QED) is 0.400. The molecule has 0 radical (unpaired) electrons. The van der Waals surface area contributed by atoms with Crippen LogP contribution in [0.25, 0.3) is 0 Å². The molecule has 0 unspecified atom stereocenters. The first-order valence-electron chi connectivity index (χ1n) is 8.27. The average molecular weight is 372 g/mol. The number of esters is 3. The summed E-state index contributed by atoms with van der Waals surface area (Å²) in [7, 11) is 1.47. The Morgan fingerprint density at radius 2 is 1.26 bits per heavy atom. The first-order chi connectivity index (χ1) is 13.0. The number of carbonyl (C=O) groups excluding carboxylic acids is 3. The molecule has 0 saturated heterocycles. The fourth-order valence-electron chi connectivity index (χ4n) is 2.24. The van der Waals surface area contributed by atoms with Gasteiger partial charge in [0.05, 0.1) is 20.3 Å². The predicted molar refractivity (Wildman–Crippen MR) is 95.9 cm³/mol. The second kappa shape index (κ2) is 9.96. The molecule has 142 valence electrons. The van der Waals surface area contributed by atoms with Gasteiger partial charge in [0, 0.05) is 13.3 Å².